The van der Waals surface area contributed by atoms with Crippen LogP contribution < -0.4 is 4.90 Å². The van der Waals surface area contributed by atoms with E-state index >= 15 is 0 Å². The standard InChI is InChI=1S/C14H10F2N2O2S/c1-7-11(21-6-17-7)2-3-18-10-5-8(15)4-9(16)12(10)13(19)14(18)20/h4-6H,2-3H2,1H3. The zero-order chi connectivity index (χ0) is 15.1. The molecule has 7 heteroatoms. The molecule has 108 valence electrons. The van der Waals surface area contributed by atoms with Crippen molar-refractivity contribution < 1.29 is 18.4 Å². The largest absolute Gasteiger partial charge is 0.304 e. The molecule has 0 saturated heterocycles. The Morgan fingerprint density at radius 1 is 1.29 bits per heavy atom. The highest BCUT2D eigenvalue weighted by atomic mass is 32.1. The molecule has 1 aromatic carbocycles. The molecule has 0 aliphatic carbocycles. The zero-order valence-electron chi connectivity index (χ0n) is 11.0. The number of Topliss-reactive ketones (excluding diaryl/α,β-unsaturated/α-hetero) is 1. The lowest BCUT2D eigenvalue weighted by Crippen LogP contribution is -2.31. The van der Waals surface area contributed by atoms with E-state index in [9.17, 15) is 18.4 Å². The van der Waals surface area contributed by atoms with Crippen LogP contribution in [0.15, 0.2) is 17.6 Å². The number of hydrogen-bond acceptors (Lipinski definition) is 4. The topological polar surface area (TPSA) is 50.3 Å². The molecule has 0 atom stereocenters. The smallest absolute Gasteiger partial charge is 0.299 e. The van der Waals surface area contributed by atoms with Gasteiger partial charge in [0.2, 0.25) is 0 Å². The second-order valence-electron chi connectivity index (χ2n) is 4.68. The molecule has 3 rings (SSSR count). The number of nitrogens with zero attached hydrogens (tertiary/aromatic N) is 2. The number of amides is 1. The van der Waals surface area contributed by atoms with E-state index in [0.29, 0.717) is 12.5 Å². The highest BCUT2D eigenvalue weighted by Gasteiger charge is 2.38. The number of benzene rings is 1. The fraction of sp³-hybridized carbons (Fsp3) is 0.214. The van der Waals surface area contributed by atoms with E-state index in [0.717, 1.165) is 21.5 Å². The molecule has 1 aliphatic heterocycles. The summed E-state index contributed by atoms with van der Waals surface area (Å²) in [4.78, 5) is 29.9. The van der Waals surface area contributed by atoms with Gasteiger partial charge in [0.1, 0.15) is 11.6 Å². The van der Waals surface area contributed by atoms with Crippen LogP contribution >= 0.6 is 11.3 Å². The second-order valence-corrected chi connectivity index (χ2v) is 5.62. The van der Waals surface area contributed by atoms with Crippen molar-refractivity contribution in [1.82, 2.24) is 4.98 Å². The first-order valence-corrected chi connectivity index (χ1v) is 7.11. The summed E-state index contributed by atoms with van der Waals surface area (Å²) >= 11 is 1.44. The van der Waals surface area contributed by atoms with Crippen molar-refractivity contribution in [3.63, 3.8) is 0 Å². The molecule has 1 amide bonds. The van der Waals surface area contributed by atoms with Gasteiger partial charge < -0.3 is 4.90 Å². The van der Waals surface area contributed by atoms with Crippen LogP contribution in [0.25, 0.3) is 0 Å². The molecule has 0 fully saturated rings. The maximum Gasteiger partial charge on any atom is 0.299 e. The third kappa shape index (κ3) is 2.23. The molecule has 1 aromatic heterocycles. The SMILES string of the molecule is Cc1ncsc1CCN1C(=O)C(=O)c2c(F)cc(F)cc21. The van der Waals surface area contributed by atoms with Crippen molar-refractivity contribution in [3.8, 4) is 0 Å². The van der Waals surface area contributed by atoms with Crippen molar-refractivity contribution in [2.24, 2.45) is 0 Å². The van der Waals surface area contributed by atoms with Crippen molar-refractivity contribution in [3.05, 3.63) is 45.4 Å². The fourth-order valence-corrected chi connectivity index (χ4v) is 3.11. The molecule has 1 aliphatic rings. The summed E-state index contributed by atoms with van der Waals surface area (Å²) in [6.07, 6.45) is 0.479. The summed E-state index contributed by atoms with van der Waals surface area (Å²) in [5.41, 5.74) is 2.20. The van der Waals surface area contributed by atoms with Crippen LogP contribution in [0.1, 0.15) is 20.9 Å². The highest BCUT2D eigenvalue weighted by molar-refractivity contribution is 7.09. The van der Waals surface area contributed by atoms with Crippen LogP contribution in [0.3, 0.4) is 0 Å². The number of halogens is 2. The number of rotatable bonds is 3. The number of fused-ring (bicyclic) bond motifs is 1. The molecule has 0 N–H and O–H groups in total. The van der Waals surface area contributed by atoms with Crippen LogP contribution in [-0.2, 0) is 11.2 Å². The first-order valence-electron chi connectivity index (χ1n) is 6.23. The average Bonchev–Trinajstić information content (AvgIpc) is 2.92. The van der Waals surface area contributed by atoms with E-state index in [-0.39, 0.29) is 17.8 Å². The molecule has 2 aromatic rings. The molecule has 0 saturated carbocycles. The minimum atomic E-state index is -1.00. The van der Waals surface area contributed by atoms with E-state index in [2.05, 4.69) is 4.98 Å². The minimum Gasteiger partial charge on any atom is -0.304 e. The van der Waals surface area contributed by atoms with Crippen LogP contribution in [0, 0.1) is 18.6 Å². The monoisotopic (exact) mass is 308 g/mol. The summed E-state index contributed by atoms with van der Waals surface area (Å²) in [7, 11) is 0. The lowest BCUT2D eigenvalue weighted by Gasteiger charge is -2.16. The van der Waals surface area contributed by atoms with Gasteiger partial charge in [-0.25, -0.2) is 13.8 Å². The van der Waals surface area contributed by atoms with Gasteiger partial charge in [-0.2, -0.15) is 0 Å². The van der Waals surface area contributed by atoms with Gasteiger partial charge >= 0.3 is 0 Å². The molecule has 0 spiro atoms. The maximum atomic E-state index is 13.7. The summed E-state index contributed by atoms with van der Waals surface area (Å²) < 4.78 is 27.0. The number of aryl methyl sites for hydroxylation is 1. The number of carbonyl (C=O) groups is 2. The molecule has 2 heterocycles. The Morgan fingerprint density at radius 2 is 2.05 bits per heavy atom. The Morgan fingerprint density at radius 3 is 2.71 bits per heavy atom. The maximum absolute atomic E-state index is 13.7. The lowest BCUT2D eigenvalue weighted by molar-refractivity contribution is -0.114. The minimum absolute atomic E-state index is 0.00432. The van der Waals surface area contributed by atoms with E-state index in [1.54, 1.807) is 5.51 Å². The van der Waals surface area contributed by atoms with Crippen molar-refractivity contribution in [1.29, 1.82) is 0 Å². The summed E-state index contributed by atoms with van der Waals surface area (Å²) in [6.45, 7) is 2.03. The first kappa shape index (κ1) is 13.8. The number of aromatic nitrogens is 1. The molecular formula is C14H10F2N2O2S. The lowest BCUT2D eigenvalue weighted by atomic mass is 10.1. The van der Waals surface area contributed by atoms with Crippen molar-refractivity contribution in [2.75, 3.05) is 11.4 Å². The fourth-order valence-electron chi connectivity index (χ4n) is 2.34. The van der Waals surface area contributed by atoms with Gasteiger partial charge in [0.25, 0.3) is 11.7 Å². The van der Waals surface area contributed by atoms with E-state index < -0.39 is 23.3 Å². The number of carbonyl (C=O) groups excluding carboxylic acids is 2. The van der Waals surface area contributed by atoms with Crippen LogP contribution in [0.5, 0.6) is 0 Å². The third-order valence-corrected chi connectivity index (χ3v) is 4.39. The van der Waals surface area contributed by atoms with Crippen molar-refractivity contribution in [2.45, 2.75) is 13.3 Å². The van der Waals surface area contributed by atoms with Gasteiger partial charge in [-0.1, -0.05) is 0 Å². The van der Waals surface area contributed by atoms with Gasteiger partial charge in [-0.15, -0.1) is 11.3 Å². The average molecular weight is 308 g/mol. The van der Waals surface area contributed by atoms with Crippen molar-refractivity contribution >= 4 is 28.7 Å². The molecule has 4 nitrogen and oxygen atoms in total. The highest BCUT2D eigenvalue weighted by Crippen LogP contribution is 2.32. The quantitative estimate of drug-likeness (QED) is 0.819. The molecule has 0 bridgehead atoms. The Kier molecular flexibility index (Phi) is 3.29. The molecule has 0 unspecified atom stereocenters. The Labute approximate surface area is 123 Å². The van der Waals surface area contributed by atoms with Crippen LogP contribution in [0.4, 0.5) is 14.5 Å². The number of anilines is 1. The van der Waals surface area contributed by atoms with Gasteiger partial charge in [-0.3, -0.25) is 9.59 Å². The third-order valence-electron chi connectivity index (χ3n) is 3.40. The Balaban J connectivity index is 1.92. The second kappa shape index (κ2) is 5.00. The summed E-state index contributed by atoms with van der Waals surface area (Å²) in [5.74, 6) is -3.56. The predicted octanol–water partition coefficient (Wildman–Crippen LogP) is 2.50. The number of thiazole rings is 1. The van der Waals surface area contributed by atoms with Crippen LogP contribution in [-0.4, -0.2) is 23.2 Å². The first-order chi connectivity index (χ1) is 9.99. The van der Waals surface area contributed by atoms with E-state index in [1.807, 2.05) is 6.92 Å². The molecule has 0 radical (unpaired) electrons. The van der Waals surface area contributed by atoms with Crippen LogP contribution in [0.2, 0.25) is 0 Å². The van der Waals surface area contributed by atoms with Gasteiger partial charge in [0.05, 0.1) is 22.5 Å². The van der Waals surface area contributed by atoms with Gasteiger partial charge in [0.15, 0.2) is 0 Å². The molecule has 21 heavy (non-hydrogen) atoms. The Hall–Kier alpha value is -2.15. The van der Waals surface area contributed by atoms with E-state index in [4.69, 9.17) is 0 Å². The van der Waals surface area contributed by atoms with Gasteiger partial charge in [0, 0.05) is 23.9 Å². The summed E-state index contributed by atoms with van der Waals surface area (Å²) in [6, 6.07) is 1.63. The number of ketones is 1. The van der Waals surface area contributed by atoms with E-state index in [1.165, 1.54) is 11.3 Å². The Bertz CT molecular complexity index is 757. The number of hydrogen-bond donors (Lipinski definition) is 0. The summed E-state index contributed by atoms with van der Waals surface area (Å²) in [5, 5.41) is 0. The zero-order valence-corrected chi connectivity index (χ0v) is 11.8. The predicted molar refractivity (Wildman–Crippen MR) is 73.6 cm³/mol. The molecular weight excluding hydrogens is 298 g/mol. The van der Waals surface area contributed by atoms with Gasteiger partial charge in [-0.05, 0) is 13.0 Å². The normalized spacial score (nSPS) is 14.0.